The first kappa shape index (κ1) is 23.5. The number of halogens is 2. The monoisotopic (exact) mass is 468 g/mol. The van der Waals surface area contributed by atoms with Gasteiger partial charge >= 0.3 is 0 Å². The summed E-state index contributed by atoms with van der Waals surface area (Å²) in [6.45, 7) is 6.75. The Balaban J connectivity index is 1.76. The van der Waals surface area contributed by atoms with Crippen LogP contribution in [0.5, 0.6) is 0 Å². The summed E-state index contributed by atoms with van der Waals surface area (Å²) in [5, 5.41) is 5.72. The van der Waals surface area contributed by atoms with Gasteiger partial charge in [-0.2, -0.15) is 4.98 Å². The minimum absolute atomic E-state index is 0.0546. The summed E-state index contributed by atoms with van der Waals surface area (Å²) in [5.74, 6) is 0.634. The van der Waals surface area contributed by atoms with E-state index in [0.29, 0.717) is 67.1 Å². The van der Waals surface area contributed by atoms with Gasteiger partial charge in [-0.25, -0.2) is 18.7 Å². The molecule has 1 amide bonds. The van der Waals surface area contributed by atoms with Crippen molar-refractivity contribution in [2.24, 2.45) is 0 Å². The van der Waals surface area contributed by atoms with Gasteiger partial charge in [-0.3, -0.25) is 4.79 Å². The third kappa shape index (κ3) is 5.28. The molecule has 8 nitrogen and oxygen atoms in total. The van der Waals surface area contributed by atoms with Gasteiger partial charge in [0.25, 0.3) is 12.3 Å². The first-order valence-corrected chi connectivity index (χ1v) is 11.1. The average molecular weight is 469 g/mol. The minimum Gasteiger partial charge on any atom is -0.378 e. The van der Waals surface area contributed by atoms with E-state index in [4.69, 9.17) is 4.74 Å². The Morgan fingerprint density at radius 1 is 1.12 bits per heavy atom. The Bertz CT molecular complexity index is 1150. The second kappa shape index (κ2) is 10.5. The van der Waals surface area contributed by atoms with Crippen molar-refractivity contribution in [1.82, 2.24) is 15.0 Å². The van der Waals surface area contributed by atoms with Crippen LogP contribution in [-0.4, -0.2) is 53.7 Å². The molecule has 0 bridgehead atoms. The smallest absolute Gasteiger partial charge is 0.282 e. The molecule has 3 heterocycles. The molecule has 1 aliphatic rings. The highest BCUT2D eigenvalue weighted by Crippen LogP contribution is 2.33. The van der Waals surface area contributed by atoms with E-state index in [-0.39, 0.29) is 5.69 Å². The summed E-state index contributed by atoms with van der Waals surface area (Å²) in [6, 6.07) is 11.7. The zero-order valence-corrected chi connectivity index (χ0v) is 19.0. The topological polar surface area (TPSA) is 92.3 Å². The first-order valence-electron chi connectivity index (χ1n) is 11.1. The van der Waals surface area contributed by atoms with E-state index in [1.165, 1.54) is 6.07 Å². The second-order valence-electron chi connectivity index (χ2n) is 7.74. The third-order valence-corrected chi connectivity index (χ3v) is 5.39. The van der Waals surface area contributed by atoms with Gasteiger partial charge in [0.1, 0.15) is 11.5 Å². The Kier molecular flexibility index (Phi) is 7.27. The Morgan fingerprint density at radius 2 is 1.85 bits per heavy atom. The predicted molar refractivity (Wildman–Crippen MR) is 127 cm³/mol. The van der Waals surface area contributed by atoms with Crippen LogP contribution in [0.2, 0.25) is 0 Å². The van der Waals surface area contributed by atoms with E-state index in [1.807, 2.05) is 6.92 Å². The largest absolute Gasteiger partial charge is 0.378 e. The maximum absolute atomic E-state index is 13.8. The molecule has 10 heteroatoms. The summed E-state index contributed by atoms with van der Waals surface area (Å²) in [4.78, 5) is 28.1. The quantitative estimate of drug-likeness (QED) is 0.534. The number of amides is 1. The lowest BCUT2D eigenvalue weighted by Gasteiger charge is -2.28. The fourth-order valence-corrected chi connectivity index (χ4v) is 3.70. The number of morpholine rings is 1. The van der Waals surface area contributed by atoms with Gasteiger partial charge < -0.3 is 20.3 Å². The van der Waals surface area contributed by atoms with Crippen LogP contribution in [0.1, 0.15) is 35.1 Å². The highest BCUT2D eigenvalue weighted by atomic mass is 19.3. The second-order valence-corrected chi connectivity index (χ2v) is 7.74. The molecule has 1 aromatic carbocycles. The van der Waals surface area contributed by atoms with E-state index in [1.54, 1.807) is 43.3 Å². The van der Waals surface area contributed by atoms with Crippen LogP contribution in [0, 0.1) is 6.92 Å². The normalized spacial score (nSPS) is 13.7. The van der Waals surface area contributed by atoms with Crippen LogP contribution in [0.4, 0.5) is 26.2 Å². The number of aromatic nitrogens is 3. The molecule has 34 heavy (non-hydrogen) atoms. The summed E-state index contributed by atoms with van der Waals surface area (Å²) >= 11 is 0. The van der Waals surface area contributed by atoms with Crippen molar-refractivity contribution >= 4 is 23.4 Å². The summed E-state index contributed by atoms with van der Waals surface area (Å²) in [6.07, 6.45) is -2.86. The minimum atomic E-state index is -2.86. The Hall–Kier alpha value is -3.66. The van der Waals surface area contributed by atoms with E-state index in [0.717, 1.165) is 0 Å². The maximum atomic E-state index is 13.8. The summed E-state index contributed by atoms with van der Waals surface area (Å²) in [5.41, 5.74) is 1.25. The van der Waals surface area contributed by atoms with Gasteiger partial charge in [0.2, 0.25) is 5.95 Å². The van der Waals surface area contributed by atoms with Crippen LogP contribution in [0.3, 0.4) is 0 Å². The standard InChI is InChI=1S/C24H26F2N6O2/c1-3-27-24-30-18(14-20(31-24)32-9-11-34-12-10-32)17-13-19(21(22(25)26)28-15(17)2)29-23(33)16-7-5-4-6-8-16/h4-8,13-14,22H,3,9-12H2,1-2H3,(H,29,33)(H,27,30,31). The molecular formula is C24H26F2N6O2. The third-order valence-electron chi connectivity index (χ3n) is 5.39. The van der Waals surface area contributed by atoms with Gasteiger partial charge in [-0.15, -0.1) is 0 Å². The van der Waals surface area contributed by atoms with Crippen molar-refractivity contribution in [2.75, 3.05) is 48.4 Å². The number of pyridine rings is 1. The van der Waals surface area contributed by atoms with Crippen molar-refractivity contribution < 1.29 is 18.3 Å². The van der Waals surface area contributed by atoms with E-state index in [2.05, 4.69) is 30.5 Å². The lowest BCUT2D eigenvalue weighted by molar-refractivity contribution is 0.102. The molecule has 1 fully saturated rings. The van der Waals surface area contributed by atoms with Crippen molar-refractivity contribution in [3.63, 3.8) is 0 Å². The molecule has 178 valence electrons. The van der Waals surface area contributed by atoms with Crippen LogP contribution in [0.25, 0.3) is 11.3 Å². The summed E-state index contributed by atoms with van der Waals surface area (Å²) in [7, 11) is 0. The van der Waals surface area contributed by atoms with Crippen LogP contribution in [0.15, 0.2) is 42.5 Å². The molecule has 3 aromatic rings. The SMILES string of the molecule is CCNc1nc(-c2cc(NC(=O)c3ccccc3)c(C(F)F)nc2C)cc(N2CCOCC2)n1. The Labute approximate surface area is 196 Å². The Morgan fingerprint density at radius 3 is 2.53 bits per heavy atom. The molecule has 0 radical (unpaired) electrons. The molecule has 0 spiro atoms. The number of hydrogen-bond donors (Lipinski definition) is 2. The molecule has 1 saturated heterocycles. The fourth-order valence-electron chi connectivity index (χ4n) is 3.70. The van der Waals surface area contributed by atoms with Gasteiger partial charge in [-0.1, -0.05) is 18.2 Å². The maximum Gasteiger partial charge on any atom is 0.282 e. The zero-order valence-electron chi connectivity index (χ0n) is 19.0. The van der Waals surface area contributed by atoms with Gasteiger partial charge in [-0.05, 0) is 32.0 Å². The van der Waals surface area contributed by atoms with Crippen molar-refractivity contribution in [3.8, 4) is 11.3 Å². The first-order chi connectivity index (χ1) is 16.5. The highest BCUT2D eigenvalue weighted by molar-refractivity contribution is 6.04. The number of ether oxygens (including phenoxy) is 1. The molecule has 0 aliphatic carbocycles. The number of carbonyl (C=O) groups is 1. The van der Waals surface area contributed by atoms with E-state index >= 15 is 0 Å². The average Bonchev–Trinajstić information content (AvgIpc) is 2.85. The van der Waals surface area contributed by atoms with E-state index in [9.17, 15) is 13.6 Å². The van der Waals surface area contributed by atoms with Gasteiger partial charge in [0.15, 0.2) is 0 Å². The van der Waals surface area contributed by atoms with Crippen LogP contribution < -0.4 is 15.5 Å². The molecule has 4 rings (SSSR count). The molecular weight excluding hydrogens is 442 g/mol. The number of alkyl halides is 2. The van der Waals surface area contributed by atoms with Crippen molar-refractivity contribution in [1.29, 1.82) is 0 Å². The molecule has 2 N–H and O–H groups in total. The number of aryl methyl sites for hydroxylation is 1. The number of rotatable bonds is 7. The number of anilines is 3. The lowest BCUT2D eigenvalue weighted by atomic mass is 10.1. The molecule has 1 aliphatic heterocycles. The number of nitrogens with zero attached hydrogens (tertiary/aromatic N) is 4. The number of nitrogens with one attached hydrogen (secondary N) is 2. The van der Waals surface area contributed by atoms with Crippen molar-refractivity contribution in [2.45, 2.75) is 20.3 Å². The van der Waals surface area contributed by atoms with Gasteiger partial charge in [0.05, 0.1) is 24.6 Å². The summed E-state index contributed by atoms with van der Waals surface area (Å²) < 4.78 is 33.0. The fraction of sp³-hybridized carbons (Fsp3) is 0.333. The molecule has 0 atom stereocenters. The number of carbonyl (C=O) groups excluding carboxylic acids is 1. The lowest BCUT2D eigenvalue weighted by Crippen LogP contribution is -2.37. The zero-order chi connectivity index (χ0) is 24.1. The molecule has 0 saturated carbocycles. The number of hydrogen-bond acceptors (Lipinski definition) is 7. The molecule has 2 aromatic heterocycles. The van der Waals surface area contributed by atoms with E-state index < -0.39 is 18.0 Å². The van der Waals surface area contributed by atoms with Gasteiger partial charge in [0, 0.05) is 42.5 Å². The molecule has 0 unspecified atom stereocenters. The number of benzene rings is 1. The highest BCUT2D eigenvalue weighted by Gasteiger charge is 2.22. The predicted octanol–water partition coefficient (Wildman–Crippen LogP) is 4.31. The van der Waals surface area contributed by atoms with Crippen molar-refractivity contribution in [3.05, 3.63) is 59.4 Å². The van der Waals surface area contributed by atoms with Crippen LogP contribution in [-0.2, 0) is 4.74 Å². The van der Waals surface area contributed by atoms with Crippen LogP contribution >= 0.6 is 0 Å².